The number of ether oxygens (including phenoxy) is 3. The summed E-state index contributed by atoms with van der Waals surface area (Å²) in [4.78, 5) is 0. The Morgan fingerprint density at radius 1 is 1.23 bits per heavy atom. The average Bonchev–Trinajstić information content (AvgIpc) is 2.62. The van der Waals surface area contributed by atoms with Crippen LogP contribution < -0.4 is 5.32 Å². The van der Waals surface area contributed by atoms with E-state index in [0.717, 1.165) is 5.56 Å². The van der Waals surface area contributed by atoms with Gasteiger partial charge in [-0.1, -0.05) is 60.2 Å². The minimum Gasteiger partial charge on any atom is -0.372 e. The smallest absolute Gasteiger partial charge is 0.372 e. The third-order valence-corrected chi connectivity index (χ3v) is 4.53. The molecule has 1 fully saturated rings. The molecule has 1 aliphatic heterocycles. The molecule has 26 heavy (non-hydrogen) atoms. The van der Waals surface area contributed by atoms with Crippen molar-refractivity contribution < 1.29 is 27.4 Å². The van der Waals surface area contributed by atoms with Crippen molar-refractivity contribution >= 4 is 11.6 Å². The van der Waals surface area contributed by atoms with Crippen molar-refractivity contribution in [3.63, 3.8) is 0 Å². The number of morpholine rings is 1. The summed E-state index contributed by atoms with van der Waals surface area (Å²) < 4.78 is 54.2. The Balaban J connectivity index is 1.86. The van der Waals surface area contributed by atoms with E-state index in [2.05, 4.69) is 10.1 Å². The lowest BCUT2D eigenvalue weighted by atomic mass is 10.0. The number of allylic oxidation sites excluding steroid dienone is 2. The van der Waals surface area contributed by atoms with Gasteiger partial charge in [-0.15, -0.1) is 13.2 Å². The van der Waals surface area contributed by atoms with Crippen LogP contribution in [-0.4, -0.2) is 43.3 Å². The number of benzene rings is 1. The first kappa shape index (κ1) is 19.4. The van der Waals surface area contributed by atoms with E-state index in [1.807, 2.05) is 30.3 Å². The van der Waals surface area contributed by atoms with E-state index in [4.69, 9.17) is 21.1 Å². The molecule has 4 nitrogen and oxygen atoms in total. The summed E-state index contributed by atoms with van der Waals surface area (Å²) in [6, 6.07) is 9.14. The quantitative estimate of drug-likeness (QED) is 0.779. The maximum Gasteiger partial charge on any atom is 0.523 e. The van der Waals surface area contributed by atoms with Crippen LogP contribution >= 0.6 is 11.6 Å². The predicted octanol–water partition coefficient (Wildman–Crippen LogP) is 3.70. The van der Waals surface area contributed by atoms with Gasteiger partial charge in [0.15, 0.2) is 5.06 Å². The molecule has 0 amide bonds. The Bertz CT molecular complexity index is 647. The van der Waals surface area contributed by atoms with Gasteiger partial charge in [-0.25, -0.2) is 0 Å². The first-order chi connectivity index (χ1) is 12.4. The highest BCUT2D eigenvalue weighted by molar-refractivity contribution is 6.25. The molecule has 142 valence electrons. The van der Waals surface area contributed by atoms with E-state index < -0.39 is 29.7 Å². The maximum atomic E-state index is 12.8. The normalized spacial score (nSPS) is 30.3. The molecule has 1 aliphatic carbocycles. The summed E-state index contributed by atoms with van der Waals surface area (Å²) in [5, 5.41) is 1.38. The van der Waals surface area contributed by atoms with Crippen LogP contribution in [0.2, 0.25) is 0 Å². The monoisotopic (exact) mass is 389 g/mol. The first-order valence-corrected chi connectivity index (χ1v) is 8.60. The molecule has 8 heteroatoms. The summed E-state index contributed by atoms with van der Waals surface area (Å²) in [5.41, 5.74) is 0.759. The standard InChI is InChI=1S/C18H19ClF3NO3/c19-17(9-5-4-8-15(17)25-18(20,21)22)26-16(13-6-2-1-3-7-13)14-12-23-10-11-24-14/h1-9,14-16,23H,10-12H2. The molecule has 4 atom stereocenters. The highest BCUT2D eigenvalue weighted by Crippen LogP contribution is 2.39. The lowest BCUT2D eigenvalue weighted by Gasteiger charge is -2.39. The Morgan fingerprint density at radius 2 is 2.00 bits per heavy atom. The fourth-order valence-electron chi connectivity index (χ4n) is 2.92. The van der Waals surface area contributed by atoms with Crippen LogP contribution in [0.3, 0.4) is 0 Å². The van der Waals surface area contributed by atoms with Gasteiger partial charge in [0.1, 0.15) is 18.3 Å². The van der Waals surface area contributed by atoms with Gasteiger partial charge in [0.05, 0.1) is 6.61 Å². The lowest BCUT2D eigenvalue weighted by molar-refractivity contribution is -0.348. The zero-order valence-corrected chi connectivity index (χ0v) is 14.5. The molecule has 4 unspecified atom stereocenters. The van der Waals surface area contributed by atoms with E-state index in [1.54, 1.807) is 0 Å². The molecule has 3 rings (SSSR count). The topological polar surface area (TPSA) is 39.7 Å². The number of hydrogen-bond donors (Lipinski definition) is 1. The highest BCUT2D eigenvalue weighted by atomic mass is 35.5. The van der Waals surface area contributed by atoms with Crippen molar-refractivity contribution in [2.24, 2.45) is 0 Å². The van der Waals surface area contributed by atoms with Crippen LogP contribution in [0.5, 0.6) is 0 Å². The van der Waals surface area contributed by atoms with Gasteiger partial charge in [-0.05, 0) is 11.6 Å². The van der Waals surface area contributed by atoms with Gasteiger partial charge in [0.2, 0.25) is 0 Å². The third kappa shape index (κ3) is 4.86. The summed E-state index contributed by atoms with van der Waals surface area (Å²) in [6.07, 6.45) is -1.86. The van der Waals surface area contributed by atoms with Crippen LogP contribution in [0.1, 0.15) is 11.7 Å². The van der Waals surface area contributed by atoms with Crippen LogP contribution in [0.15, 0.2) is 54.6 Å². The molecule has 0 spiro atoms. The maximum absolute atomic E-state index is 12.8. The van der Waals surface area contributed by atoms with E-state index >= 15 is 0 Å². The predicted molar refractivity (Wildman–Crippen MR) is 90.7 cm³/mol. The van der Waals surface area contributed by atoms with Crippen molar-refractivity contribution in [1.82, 2.24) is 5.32 Å². The molecular weight excluding hydrogens is 371 g/mol. The second-order valence-corrected chi connectivity index (χ2v) is 6.58. The molecule has 0 radical (unpaired) electrons. The van der Waals surface area contributed by atoms with Gasteiger partial charge < -0.3 is 14.8 Å². The molecule has 2 aliphatic rings. The van der Waals surface area contributed by atoms with Crippen LogP contribution in [-0.2, 0) is 14.2 Å². The van der Waals surface area contributed by atoms with Gasteiger partial charge in [0.25, 0.3) is 0 Å². The molecule has 1 heterocycles. The Hall–Kier alpha value is -1.38. The largest absolute Gasteiger partial charge is 0.523 e. The molecular formula is C18H19ClF3NO3. The van der Waals surface area contributed by atoms with E-state index in [-0.39, 0.29) is 0 Å². The van der Waals surface area contributed by atoms with Crippen LogP contribution in [0, 0.1) is 0 Å². The van der Waals surface area contributed by atoms with Gasteiger partial charge in [-0.2, -0.15) is 0 Å². The second-order valence-electron chi connectivity index (χ2n) is 5.99. The number of rotatable bonds is 5. The van der Waals surface area contributed by atoms with Gasteiger partial charge >= 0.3 is 6.36 Å². The fraction of sp³-hybridized carbons (Fsp3) is 0.444. The SMILES string of the molecule is FC(F)(F)OC1C=CC=CC1(Cl)OC(c1ccccc1)C1CNCCO1. The molecule has 0 aromatic heterocycles. The van der Waals surface area contributed by atoms with E-state index in [1.165, 1.54) is 24.3 Å². The number of alkyl halides is 4. The summed E-state index contributed by atoms with van der Waals surface area (Å²) in [7, 11) is 0. The molecule has 0 saturated carbocycles. The van der Waals surface area contributed by atoms with Gasteiger partial charge in [-0.3, -0.25) is 4.74 Å². The zero-order chi connectivity index (χ0) is 18.6. The van der Waals surface area contributed by atoms with E-state index in [0.29, 0.717) is 19.7 Å². The first-order valence-electron chi connectivity index (χ1n) is 8.22. The second kappa shape index (κ2) is 8.10. The lowest BCUT2D eigenvalue weighted by Crippen LogP contribution is -2.48. The average molecular weight is 390 g/mol. The number of halogens is 4. The van der Waals surface area contributed by atoms with Crippen molar-refractivity contribution in [1.29, 1.82) is 0 Å². The summed E-state index contributed by atoms with van der Waals surface area (Å²) in [5.74, 6) is 0. The minimum atomic E-state index is -4.84. The Labute approximate surface area is 154 Å². The fourth-order valence-corrected chi connectivity index (χ4v) is 3.21. The van der Waals surface area contributed by atoms with Crippen molar-refractivity contribution in [2.75, 3.05) is 19.7 Å². The molecule has 1 aromatic carbocycles. The molecule has 1 N–H and O–H groups in total. The highest BCUT2D eigenvalue weighted by Gasteiger charge is 2.46. The van der Waals surface area contributed by atoms with Crippen molar-refractivity contribution in [3.05, 3.63) is 60.2 Å². The molecule has 1 aromatic rings. The molecule has 0 bridgehead atoms. The van der Waals surface area contributed by atoms with E-state index in [9.17, 15) is 13.2 Å². The van der Waals surface area contributed by atoms with Gasteiger partial charge in [0, 0.05) is 13.1 Å². The van der Waals surface area contributed by atoms with Crippen LogP contribution in [0.4, 0.5) is 13.2 Å². The van der Waals surface area contributed by atoms with Crippen molar-refractivity contribution in [3.8, 4) is 0 Å². The number of hydrogen-bond acceptors (Lipinski definition) is 4. The third-order valence-electron chi connectivity index (χ3n) is 4.10. The van der Waals surface area contributed by atoms with Crippen LogP contribution in [0.25, 0.3) is 0 Å². The minimum absolute atomic E-state index is 0.396. The summed E-state index contributed by atoms with van der Waals surface area (Å²) >= 11 is 6.45. The summed E-state index contributed by atoms with van der Waals surface area (Å²) in [6.45, 7) is 1.67. The molecule has 1 saturated heterocycles. The number of nitrogens with one attached hydrogen (secondary N) is 1. The zero-order valence-electron chi connectivity index (χ0n) is 13.8. The van der Waals surface area contributed by atoms with Crippen molar-refractivity contribution in [2.45, 2.75) is 29.7 Å². The Morgan fingerprint density at radius 3 is 2.65 bits per heavy atom. The Kier molecular flexibility index (Phi) is 6.04.